The Bertz CT molecular complexity index is 988. The number of aryl methyl sites for hydroxylation is 2. The normalized spacial score (nSPS) is 11.1. The maximum Gasteiger partial charge on any atom is 0.258 e. The van der Waals surface area contributed by atoms with Gasteiger partial charge in [-0.1, -0.05) is 29.1 Å². The third-order valence-corrected chi connectivity index (χ3v) is 5.44. The third kappa shape index (κ3) is 3.38. The van der Waals surface area contributed by atoms with Gasteiger partial charge in [0.2, 0.25) is 0 Å². The summed E-state index contributed by atoms with van der Waals surface area (Å²) >= 11 is 3.21. The van der Waals surface area contributed by atoms with Crippen molar-refractivity contribution in [3.05, 3.63) is 64.4 Å². The molecule has 7 heteroatoms. The Balaban J connectivity index is 1.53. The largest absolute Gasteiger partial charge is 0.334 e. The first-order valence-electron chi connectivity index (χ1n) is 7.79. The van der Waals surface area contributed by atoms with Gasteiger partial charge in [-0.05, 0) is 42.5 Å². The molecular weight excluding hydrogens is 352 g/mol. The molecule has 0 radical (unpaired) electrons. The average Bonchev–Trinajstić information content (AvgIpc) is 3.36. The molecule has 0 amide bonds. The van der Waals surface area contributed by atoms with Crippen molar-refractivity contribution < 1.29 is 4.52 Å². The van der Waals surface area contributed by atoms with Gasteiger partial charge >= 0.3 is 0 Å². The molecule has 126 valence electrons. The highest BCUT2D eigenvalue weighted by molar-refractivity contribution is 7.98. The summed E-state index contributed by atoms with van der Waals surface area (Å²) in [7, 11) is 0. The summed E-state index contributed by atoms with van der Waals surface area (Å²) < 4.78 is 7.44. The standard InChI is InChI=1S/C18H16N4OS2/c1-12-3-4-13(2)15(9-12)22-7-6-19-18(22)25-11-16-20-17(23-21-16)14-5-8-24-10-14/h3-10H,11H2,1-2H3. The average molecular weight is 368 g/mol. The van der Waals surface area contributed by atoms with Gasteiger partial charge in [-0.25, -0.2) is 4.98 Å². The van der Waals surface area contributed by atoms with E-state index >= 15 is 0 Å². The Kier molecular flexibility index (Phi) is 4.42. The van der Waals surface area contributed by atoms with Crippen molar-refractivity contribution in [2.75, 3.05) is 0 Å². The SMILES string of the molecule is Cc1ccc(C)c(-n2ccnc2SCc2noc(-c3ccsc3)n2)c1. The van der Waals surface area contributed by atoms with E-state index in [1.165, 1.54) is 11.1 Å². The highest BCUT2D eigenvalue weighted by Crippen LogP contribution is 2.27. The molecule has 4 aromatic rings. The van der Waals surface area contributed by atoms with Gasteiger partial charge in [0.25, 0.3) is 5.89 Å². The number of rotatable bonds is 5. The van der Waals surface area contributed by atoms with Crippen LogP contribution < -0.4 is 0 Å². The lowest BCUT2D eigenvalue weighted by atomic mass is 10.1. The molecule has 0 aliphatic heterocycles. The van der Waals surface area contributed by atoms with Gasteiger partial charge in [-0.15, -0.1) is 0 Å². The van der Waals surface area contributed by atoms with Crippen molar-refractivity contribution in [2.24, 2.45) is 0 Å². The van der Waals surface area contributed by atoms with Crippen molar-refractivity contribution in [1.82, 2.24) is 19.7 Å². The molecule has 0 aliphatic carbocycles. The number of aromatic nitrogens is 4. The minimum absolute atomic E-state index is 0.565. The zero-order chi connectivity index (χ0) is 17.2. The van der Waals surface area contributed by atoms with Crippen LogP contribution in [0.5, 0.6) is 0 Å². The minimum Gasteiger partial charge on any atom is -0.334 e. The summed E-state index contributed by atoms with van der Waals surface area (Å²) in [6, 6.07) is 8.39. The zero-order valence-corrected chi connectivity index (χ0v) is 15.5. The molecule has 0 fully saturated rings. The van der Waals surface area contributed by atoms with Gasteiger partial charge in [0.05, 0.1) is 17.0 Å². The molecule has 0 saturated heterocycles. The zero-order valence-electron chi connectivity index (χ0n) is 13.8. The molecule has 0 saturated carbocycles. The lowest BCUT2D eigenvalue weighted by Gasteiger charge is -2.10. The first kappa shape index (κ1) is 16.1. The summed E-state index contributed by atoms with van der Waals surface area (Å²) in [4.78, 5) is 8.93. The third-order valence-electron chi connectivity index (χ3n) is 3.80. The summed E-state index contributed by atoms with van der Waals surface area (Å²) in [5, 5.41) is 8.97. The van der Waals surface area contributed by atoms with Crippen LogP contribution in [-0.2, 0) is 5.75 Å². The molecule has 0 bridgehead atoms. The number of imidazole rings is 1. The molecule has 4 rings (SSSR count). The van der Waals surface area contributed by atoms with Crippen LogP contribution in [0.4, 0.5) is 0 Å². The highest BCUT2D eigenvalue weighted by atomic mass is 32.2. The van der Waals surface area contributed by atoms with E-state index in [9.17, 15) is 0 Å². The Hall–Kier alpha value is -2.38. The van der Waals surface area contributed by atoms with E-state index in [1.807, 2.05) is 29.2 Å². The van der Waals surface area contributed by atoms with Crippen molar-refractivity contribution in [1.29, 1.82) is 0 Å². The van der Waals surface area contributed by atoms with E-state index < -0.39 is 0 Å². The van der Waals surface area contributed by atoms with Crippen molar-refractivity contribution >= 4 is 23.1 Å². The van der Waals surface area contributed by atoms with Gasteiger partial charge in [-0.3, -0.25) is 4.57 Å². The van der Waals surface area contributed by atoms with Crippen molar-refractivity contribution in [3.8, 4) is 17.1 Å². The monoisotopic (exact) mass is 368 g/mol. The Morgan fingerprint density at radius 1 is 1.24 bits per heavy atom. The summed E-state index contributed by atoms with van der Waals surface area (Å²) in [6.07, 6.45) is 3.80. The van der Waals surface area contributed by atoms with Crippen molar-refractivity contribution in [2.45, 2.75) is 24.8 Å². The Morgan fingerprint density at radius 3 is 3.00 bits per heavy atom. The molecule has 3 aromatic heterocycles. The number of thiophene rings is 1. The maximum absolute atomic E-state index is 5.33. The molecule has 25 heavy (non-hydrogen) atoms. The molecule has 0 spiro atoms. The van der Waals surface area contributed by atoms with E-state index in [0.717, 1.165) is 16.4 Å². The lowest BCUT2D eigenvalue weighted by Crippen LogP contribution is -1.99. The fourth-order valence-corrected chi connectivity index (χ4v) is 3.94. The highest BCUT2D eigenvalue weighted by Gasteiger charge is 2.13. The molecule has 0 N–H and O–H groups in total. The second kappa shape index (κ2) is 6.85. The van der Waals surface area contributed by atoms with Gasteiger partial charge in [-0.2, -0.15) is 16.3 Å². The predicted molar refractivity (Wildman–Crippen MR) is 100 cm³/mol. The first-order valence-corrected chi connectivity index (χ1v) is 9.72. The molecule has 5 nitrogen and oxygen atoms in total. The van der Waals surface area contributed by atoms with E-state index in [-0.39, 0.29) is 0 Å². The quantitative estimate of drug-likeness (QED) is 0.469. The van der Waals surface area contributed by atoms with Crippen LogP contribution >= 0.6 is 23.1 Å². The number of hydrogen-bond donors (Lipinski definition) is 0. The van der Waals surface area contributed by atoms with Gasteiger partial charge in [0, 0.05) is 17.8 Å². The molecule has 0 atom stereocenters. The predicted octanol–water partition coefficient (Wildman–Crippen LogP) is 4.89. The summed E-state index contributed by atoms with van der Waals surface area (Å²) in [5.74, 6) is 1.84. The molecule has 0 unspecified atom stereocenters. The number of thioether (sulfide) groups is 1. The summed E-state index contributed by atoms with van der Waals surface area (Å²) in [6.45, 7) is 4.20. The van der Waals surface area contributed by atoms with E-state index in [2.05, 4.69) is 51.7 Å². The van der Waals surface area contributed by atoms with Gasteiger partial charge < -0.3 is 4.52 Å². The topological polar surface area (TPSA) is 56.7 Å². The number of benzene rings is 1. The number of nitrogens with zero attached hydrogens (tertiary/aromatic N) is 4. The van der Waals surface area contributed by atoms with E-state index in [4.69, 9.17) is 4.52 Å². The Labute approximate surface area is 153 Å². The van der Waals surface area contributed by atoms with E-state index in [1.54, 1.807) is 23.1 Å². The molecule has 0 aliphatic rings. The second-order valence-electron chi connectivity index (χ2n) is 5.69. The van der Waals surface area contributed by atoms with Crippen molar-refractivity contribution in [3.63, 3.8) is 0 Å². The van der Waals surface area contributed by atoms with Crippen LogP contribution in [0.1, 0.15) is 17.0 Å². The van der Waals surface area contributed by atoms with Crippen LogP contribution in [0.2, 0.25) is 0 Å². The fourth-order valence-electron chi connectivity index (χ4n) is 2.50. The second-order valence-corrected chi connectivity index (χ2v) is 7.41. The molecular formula is C18H16N4OS2. The minimum atomic E-state index is 0.565. The van der Waals surface area contributed by atoms with Gasteiger partial charge in [0.15, 0.2) is 11.0 Å². The van der Waals surface area contributed by atoms with Crippen LogP contribution in [0.3, 0.4) is 0 Å². The first-order chi connectivity index (χ1) is 12.2. The molecule has 3 heterocycles. The van der Waals surface area contributed by atoms with Gasteiger partial charge in [0.1, 0.15) is 0 Å². The molecule has 1 aromatic carbocycles. The van der Waals surface area contributed by atoms with Crippen LogP contribution in [0.25, 0.3) is 17.1 Å². The van der Waals surface area contributed by atoms with Crippen LogP contribution in [0.15, 0.2) is 57.1 Å². The fraction of sp³-hybridized carbons (Fsp3) is 0.167. The van der Waals surface area contributed by atoms with Crippen LogP contribution in [0, 0.1) is 13.8 Å². The lowest BCUT2D eigenvalue weighted by molar-refractivity contribution is 0.425. The van der Waals surface area contributed by atoms with E-state index in [0.29, 0.717) is 17.5 Å². The smallest absolute Gasteiger partial charge is 0.258 e. The summed E-state index contributed by atoms with van der Waals surface area (Å²) in [5.41, 5.74) is 4.55. The Morgan fingerprint density at radius 2 is 2.16 bits per heavy atom. The maximum atomic E-state index is 5.33. The van der Waals surface area contributed by atoms with Crippen LogP contribution in [-0.4, -0.2) is 19.7 Å². The number of hydrogen-bond acceptors (Lipinski definition) is 6.